The average Bonchev–Trinajstić information content (AvgIpc) is 2.54. The van der Waals surface area contributed by atoms with Crippen LogP contribution < -0.4 is 0 Å². The second kappa shape index (κ2) is 8.45. The van der Waals surface area contributed by atoms with E-state index < -0.39 is 0 Å². The summed E-state index contributed by atoms with van der Waals surface area (Å²) in [5.74, 6) is 0. The third kappa shape index (κ3) is 4.91. The lowest BCUT2D eigenvalue weighted by molar-refractivity contribution is 0.972. The molecule has 122 valence electrons. The number of nitrogens with zero attached hydrogens (tertiary/aromatic N) is 1. The fourth-order valence-electron chi connectivity index (χ4n) is 1.99. The highest BCUT2D eigenvalue weighted by atomic mass is 127. The van der Waals surface area contributed by atoms with Crippen molar-refractivity contribution in [1.82, 2.24) is 4.98 Å². The number of benzene rings is 2. The SMILES string of the molecule is Cc1cc(I)c(Sc2ccc(Br)cc2)c(Sc2ccc(Cl)cc2)n1. The molecule has 6 heteroatoms. The van der Waals surface area contributed by atoms with Gasteiger partial charge in [0.2, 0.25) is 0 Å². The van der Waals surface area contributed by atoms with E-state index in [9.17, 15) is 0 Å². The minimum atomic E-state index is 0.746. The second-order valence-corrected chi connectivity index (χ2v) is 9.65. The van der Waals surface area contributed by atoms with Gasteiger partial charge in [-0.2, -0.15) is 0 Å². The summed E-state index contributed by atoms with van der Waals surface area (Å²) in [6, 6.07) is 18.3. The van der Waals surface area contributed by atoms with Gasteiger partial charge in [0, 0.05) is 28.6 Å². The molecule has 0 aliphatic carbocycles. The van der Waals surface area contributed by atoms with Crippen LogP contribution in [0.1, 0.15) is 5.69 Å². The smallest absolute Gasteiger partial charge is 0.116 e. The summed E-state index contributed by atoms with van der Waals surface area (Å²) in [6.07, 6.45) is 0. The van der Waals surface area contributed by atoms with E-state index in [4.69, 9.17) is 16.6 Å². The molecule has 0 atom stereocenters. The maximum absolute atomic E-state index is 5.98. The van der Waals surface area contributed by atoms with Gasteiger partial charge in [-0.15, -0.1) is 0 Å². The molecule has 24 heavy (non-hydrogen) atoms. The van der Waals surface area contributed by atoms with E-state index in [0.29, 0.717) is 0 Å². The molecule has 0 N–H and O–H groups in total. The zero-order valence-corrected chi connectivity index (χ0v) is 18.7. The van der Waals surface area contributed by atoms with E-state index in [2.05, 4.69) is 68.9 Å². The molecule has 0 saturated carbocycles. The van der Waals surface area contributed by atoms with Crippen molar-refractivity contribution in [1.29, 1.82) is 0 Å². The summed E-state index contributed by atoms with van der Waals surface area (Å²) < 4.78 is 2.30. The number of aromatic nitrogens is 1. The Morgan fingerprint density at radius 2 is 1.54 bits per heavy atom. The highest BCUT2D eigenvalue weighted by Crippen LogP contribution is 2.40. The summed E-state index contributed by atoms with van der Waals surface area (Å²) in [5.41, 5.74) is 1.02. The fourth-order valence-corrected chi connectivity index (χ4v) is 5.54. The fraction of sp³-hybridized carbons (Fsp3) is 0.0556. The minimum Gasteiger partial charge on any atom is -0.245 e. The van der Waals surface area contributed by atoms with E-state index in [-0.39, 0.29) is 0 Å². The molecule has 0 amide bonds. The second-order valence-electron chi connectivity index (χ2n) is 4.99. The Balaban J connectivity index is 1.95. The number of hydrogen-bond donors (Lipinski definition) is 0. The van der Waals surface area contributed by atoms with Gasteiger partial charge >= 0.3 is 0 Å². The third-order valence-corrected chi connectivity index (χ3v) is 7.33. The Labute approximate surface area is 177 Å². The first-order chi connectivity index (χ1) is 11.5. The summed E-state index contributed by atoms with van der Waals surface area (Å²) >= 11 is 15.3. The number of halogens is 3. The van der Waals surface area contributed by atoms with E-state index in [0.717, 1.165) is 25.1 Å². The van der Waals surface area contributed by atoms with E-state index in [1.54, 1.807) is 23.5 Å². The lowest BCUT2D eigenvalue weighted by Gasteiger charge is -2.12. The van der Waals surface area contributed by atoms with E-state index in [1.165, 1.54) is 13.4 Å². The van der Waals surface area contributed by atoms with Crippen molar-refractivity contribution in [2.24, 2.45) is 0 Å². The zero-order valence-electron chi connectivity index (χ0n) is 12.6. The minimum absolute atomic E-state index is 0.746. The quantitative estimate of drug-likeness (QED) is 0.310. The van der Waals surface area contributed by atoms with Gasteiger partial charge in [0.1, 0.15) is 5.03 Å². The zero-order chi connectivity index (χ0) is 17.1. The number of hydrogen-bond acceptors (Lipinski definition) is 3. The van der Waals surface area contributed by atoms with Crippen molar-refractivity contribution >= 4 is 73.6 Å². The van der Waals surface area contributed by atoms with Crippen LogP contribution in [0.25, 0.3) is 0 Å². The molecule has 0 fully saturated rings. The molecule has 3 rings (SSSR count). The first-order valence-corrected chi connectivity index (χ1v) is 10.9. The maximum Gasteiger partial charge on any atom is 0.116 e. The van der Waals surface area contributed by atoms with Crippen LogP contribution in [-0.4, -0.2) is 4.98 Å². The predicted octanol–water partition coefficient (Wildman–Crippen LogP) is 7.71. The largest absolute Gasteiger partial charge is 0.245 e. The molecule has 0 radical (unpaired) electrons. The van der Waals surface area contributed by atoms with E-state index >= 15 is 0 Å². The van der Waals surface area contributed by atoms with Crippen LogP contribution >= 0.6 is 73.6 Å². The van der Waals surface area contributed by atoms with Crippen LogP contribution in [0.15, 0.2) is 78.8 Å². The molecular formula is C18H12BrClINS2. The molecule has 3 aromatic rings. The average molecular weight is 549 g/mol. The molecule has 1 aromatic heterocycles. The molecule has 0 aliphatic rings. The summed E-state index contributed by atoms with van der Waals surface area (Å²) in [4.78, 5) is 8.27. The van der Waals surface area contributed by atoms with Crippen LogP contribution in [-0.2, 0) is 0 Å². The van der Waals surface area contributed by atoms with Gasteiger partial charge < -0.3 is 0 Å². The molecule has 0 aliphatic heterocycles. The van der Waals surface area contributed by atoms with Gasteiger partial charge in [0.15, 0.2) is 0 Å². The normalized spacial score (nSPS) is 10.8. The van der Waals surface area contributed by atoms with Gasteiger partial charge in [0.25, 0.3) is 0 Å². The molecular weight excluding hydrogens is 537 g/mol. The van der Waals surface area contributed by atoms with Crippen LogP contribution in [0.4, 0.5) is 0 Å². The third-order valence-electron chi connectivity index (χ3n) is 3.09. The van der Waals surface area contributed by atoms with Crippen molar-refractivity contribution in [2.45, 2.75) is 26.6 Å². The molecule has 0 spiro atoms. The van der Waals surface area contributed by atoms with Crippen molar-refractivity contribution in [3.63, 3.8) is 0 Å². The molecule has 0 saturated heterocycles. The van der Waals surface area contributed by atoms with Crippen LogP contribution in [0, 0.1) is 10.5 Å². The summed E-state index contributed by atoms with van der Waals surface area (Å²) in [5, 5.41) is 1.77. The molecule has 2 aromatic carbocycles. The lowest BCUT2D eigenvalue weighted by atomic mass is 10.4. The monoisotopic (exact) mass is 547 g/mol. The van der Waals surface area contributed by atoms with Gasteiger partial charge in [0.05, 0.1) is 4.90 Å². The van der Waals surface area contributed by atoms with E-state index in [1.807, 2.05) is 31.2 Å². The Morgan fingerprint density at radius 3 is 2.21 bits per heavy atom. The van der Waals surface area contributed by atoms with Gasteiger partial charge in [-0.3, -0.25) is 0 Å². The predicted molar refractivity (Wildman–Crippen MR) is 116 cm³/mol. The Bertz CT molecular complexity index is 854. The highest BCUT2D eigenvalue weighted by Gasteiger charge is 2.13. The number of aryl methyl sites for hydroxylation is 1. The maximum atomic E-state index is 5.98. The molecule has 1 nitrogen and oxygen atoms in total. The number of pyridine rings is 1. The number of rotatable bonds is 4. The summed E-state index contributed by atoms with van der Waals surface area (Å²) in [7, 11) is 0. The molecule has 1 heterocycles. The van der Waals surface area contributed by atoms with Crippen molar-refractivity contribution in [2.75, 3.05) is 0 Å². The summed E-state index contributed by atoms with van der Waals surface area (Å²) in [6.45, 7) is 2.03. The van der Waals surface area contributed by atoms with Gasteiger partial charge in [-0.1, -0.05) is 51.1 Å². The first kappa shape index (κ1) is 18.6. The van der Waals surface area contributed by atoms with Crippen LogP contribution in [0.3, 0.4) is 0 Å². The van der Waals surface area contributed by atoms with Crippen LogP contribution in [0.2, 0.25) is 5.02 Å². The Morgan fingerprint density at radius 1 is 0.958 bits per heavy atom. The Kier molecular flexibility index (Phi) is 6.54. The topological polar surface area (TPSA) is 12.9 Å². The molecule has 0 unspecified atom stereocenters. The van der Waals surface area contributed by atoms with Crippen molar-refractivity contribution in [3.05, 3.63) is 73.4 Å². The first-order valence-electron chi connectivity index (χ1n) is 7.05. The standard InChI is InChI=1S/C18H12BrClINS2/c1-11-10-16(21)17(23-14-6-2-12(19)3-7-14)18(22-11)24-15-8-4-13(20)5-9-15/h2-10H,1H3. The van der Waals surface area contributed by atoms with Crippen molar-refractivity contribution in [3.8, 4) is 0 Å². The van der Waals surface area contributed by atoms with Crippen molar-refractivity contribution < 1.29 is 0 Å². The lowest BCUT2D eigenvalue weighted by Crippen LogP contribution is -1.92. The van der Waals surface area contributed by atoms with Gasteiger partial charge in [-0.05, 0) is 84.1 Å². The van der Waals surface area contributed by atoms with Gasteiger partial charge in [-0.25, -0.2) is 4.98 Å². The highest BCUT2D eigenvalue weighted by molar-refractivity contribution is 14.1. The Hall–Kier alpha value is -0.210. The van der Waals surface area contributed by atoms with Crippen LogP contribution in [0.5, 0.6) is 0 Å². The molecule has 0 bridgehead atoms.